The molecule has 0 aromatic carbocycles. The van der Waals surface area contributed by atoms with Gasteiger partial charge in [-0.2, -0.15) is 21.6 Å². The van der Waals surface area contributed by atoms with Crippen LogP contribution in [0.1, 0.15) is 26.7 Å². The Morgan fingerprint density at radius 1 is 1.19 bits per heavy atom. The Hall–Kier alpha value is -0.340. The minimum Gasteiger partial charge on any atom is -0.390 e. The molecule has 0 rings (SSSR count). The van der Waals surface area contributed by atoms with Crippen molar-refractivity contribution in [1.82, 2.24) is 0 Å². The van der Waals surface area contributed by atoms with Gasteiger partial charge in [-0.15, -0.1) is 0 Å². The molecule has 0 heterocycles. The minimum atomic E-state index is -4.52. The topological polar surface area (TPSA) is 63.6 Å². The molecule has 98 valence electrons. The summed E-state index contributed by atoms with van der Waals surface area (Å²) in [5, 5.41) is 9.22. The molecule has 0 aromatic rings. The maximum Gasteiger partial charge on any atom is 0.390 e. The predicted molar refractivity (Wildman–Crippen MR) is 51.3 cm³/mol. The molecule has 4 nitrogen and oxygen atoms in total. The Bertz CT molecular complexity index is 302. The van der Waals surface area contributed by atoms with Crippen molar-refractivity contribution in [2.75, 3.05) is 12.4 Å². The largest absolute Gasteiger partial charge is 0.390 e. The van der Waals surface area contributed by atoms with E-state index in [0.717, 1.165) is 0 Å². The van der Waals surface area contributed by atoms with E-state index in [1.54, 1.807) is 0 Å². The van der Waals surface area contributed by atoms with Crippen LogP contribution in [0.3, 0.4) is 0 Å². The van der Waals surface area contributed by atoms with E-state index in [1.165, 1.54) is 13.8 Å². The zero-order valence-electron chi connectivity index (χ0n) is 9.04. The number of alkyl halides is 3. The van der Waals surface area contributed by atoms with Crippen LogP contribution in [0, 0.1) is 0 Å². The van der Waals surface area contributed by atoms with Crippen LogP contribution in [-0.2, 0) is 14.3 Å². The van der Waals surface area contributed by atoms with Crippen LogP contribution in [0.15, 0.2) is 0 Å². The van der Waals surface area contributed by atoms with Crippen LogP contribution < -0.4 is 0 Å². The summed E-state index contributed by atoms with van der Waals surface area (Å²) < 4.78 is 61.4. The molecule has 8 heteroatoms. The third kappa shape index (κ3) is 10.2. The number of aliphatic hydroxyl groups is 1. The monoisotopic (exact) mass is 264 g/mol. The Kier molecular flexibility index (Phi) is 5.21. The van der Waals surface area contributed by atoms with Gasteiger partial charge in [-0.1, -0.05) is 0 Å². The molecular formula is C8H15F3O4S. The third-order valence-corrected chi connectivity index (χ3v) is 2.84. The molecular weight excluding hydrogens is 249 g/mol. The van der Waals surface area contributed by atoms with Gasteiger partial charge in [0.1, 0.15) is 0 Å². The summed E-state index contributed by atoms with van der Waals surface area (Å²) in [7, 11) is -4.17. The highest BCUT2D eigenvalue weighted by Crippen LogP contribution is 2.20. The lowest BCUT2D eigenvalue weighted by Crippen LogP contribution is -2.24. The molecule has 0 atom stereocenters. The second-order valence-corrected chi connectivity index (χ2v) is 5.77. The molecule has 0 aliphatic heterocycles. The molecule has 0 radical (unpaired) electrons. The van der Waals surface area contributed by atoms with Crippen LogP contribution in [0.25, 0.3) is 0 Å². The maximum absolute atomic E-state index is 11.7. The highest BCUT2D eigenvalue weighted by molar-refractivity contribution is 7.86. The second-order valence-electron chi connectivity index (χ2n) is 4.01. The van der Waals surface area contributed by atoms with Crippen LogP contribution in [0.2, 0.25) is 0 Å². The third-order valence-electron chi connectivity index (χ3n) is 1.61. The highest BCUT2D eigenvalue weighted by atomic mass is 32.2. The van der Waals surface area contributed by atoms with Gasteiger partial charge in [0.25, 0.3) is 10.1 Å². The van der Waals surface area contributed by atoms with Gasteiger partial charge < -0.3 is 5.11 Å². The van der Waals surface area contributed by atoms with E-state index in [0.29, 0.717) is 0 Å². The van der Waals surface area contributed by atoms with Crippen molar-refractivity contribution >= 4 is 10.1 Å². The van der Waals surface area contributed by atoms with Crippen LogP contribution in [0.4, 0.5) is 13.2 Å². The Labute approximate surface area is 92.5 Å². The van der Waals surface area contributed by atoms with Gasteiger partial charge in [0, 0.05) is 6.42 Å². The van der Waals surface area contributed by atoms with E-state index in [4.69, 9.17) is 0 Å². The van der Waals surface area contributed by atoms with Gasteiger partial charge in [0.15, 0.2) is 0 Å². The first kappa shape index (κ1) is 15.7. The molecule has 0 unspecified atom stereocenters. The zero-order valence-corrected chi connectivity index (χ0v) is 9.86. The number of rotatable bonds is 6. The molecule has 0 saturated carbocycles. The smallest absolute Gasteiger partial charge is 0.390 e. The van der Waals surface area contributed by atoms with Gasteiger partial charge >= 0.3 is 6.18 Å². The summed E-state index contributed by atoms with van der Waals surface area (Å²) in [4.78, 5) is 0. The summed E-state index contributed by atoms with van der Waals surface area (Å²) in [6.07, 6.45) is -5.93. The average molecular weight is 264 g/mol. The molecule has 0 spiro atoms. The fraction of sp³-hybridized carbons (Fsp3) is 1.00. The van der Waals surface area contributed by atoms with Crippen LogP contribution >= 0.6 is 0 Å². The van der Waals surface area contributed by atoms with E-state index in [1.807, 2.05) is 0 Å². The number of hydrogen-bond acceptors (Lipinski definition) is 4. The molecule has 0 amide bonds. The highest BCUT2D eigenvalue weighted by Gasteiger charge is 2.30. The van der Waals surface area contributed by atoms with Gasteiger partial charge in [-0.05, 0) is 13.8 Å². The quantitative estimate of drug-likeness (QED) is 0.737. The fourth-order valence-corrected chi connectivity index (χ4v) is 1.65. The molecule has 0 aliphatic carbocycles. The Balaban J connectivity index is 3.99. The lowest BCUT2D eigenvalue weighted by atomic mass is 10.1. The fourth-order valence-electron chi connectivity index (χ4n) is 0.718. The standard InChI is InChI=1S/C8H15F3O4S/c1-7(2,12)3-5-15-16(13,14)6-4-8(9,10)11/h12H,3-6H2,1-2H3. The van der Waals surface area contributed by atoms with Gasteiger partial charge in [0.05, 0.1) is 24.4 Å². The first-order chi connectivity index (χ1) is 6.91. The van der Waals surface area contributed by atoms with E-state index >= 15 is 0 Å². The summed E-state index contributed by atoms with van der Waals surface area (Å²) in [5.41, 5.74) is -1.11. The Morgan fingerprint density at radius 2 is 1.69 bits per heavy atom. The van der Waals surface area contributed by atoms with E-state index in [2.05, 4.69) is 4.18 Å². The SMILES string of the molecule is CC(C)(O)CCOS(=O)(=O)CCC(F)(F)F. The Morgan fingerprint density at radius 3 is 2.06 bits per heavy atom. The van der Waals surface area contributed by atoms with Crippen LogP contribution in [-0.4, -0.2) is 37.7 Å². The number of halogens is 3. The normalized spacial score (nSPS) is 14.1. The van der Waals surface area contributed by atoms with Crippen molar-refractivity contribution in [1.29, 1.82) is 0 Å². The second kappa shape index (κ2) is 5.33. The van der Waals surface area contributed by atoms with Crippen molar-refractivity contribution in [3.05, 3.63) is 0 Å². The van der Waals surface area contributed by atoms with Gasteiger partial charge in [0.2, 0.25) is 0 Å². The summed E-state index contributed by atoms with van der Waals surface area (Å²) >= 11 is 0. The molecule has 0 aromatic heterocycles. The average Bonchev–Trinajstić information content (AvgIpc) is 1.97. The minimum absolute atomic E-state index is 0.0260. The molecule has 0 saturated heterocycles. The first-order valence-electron chi connectivity index (χ1n) is 4.58. The van der Waals surface area contributed by atoms with Crippen molar-refractivity contribution < 1.29 is 30.9 Å². The van der Waals surface area contributed by atoms with Gasteiger partial charge in [-0.3, -0.25) is 4.18 Å². The number of hydrogen-bond donors (Lipinski definition) is 1. The van der Waals surface area contributed by atoms with E-state index in [9.17, 15) is 26.7 Å². The first-order valence-corrected chi connectivity index (χ1v) is 6.15. The van der Waals surface area contributed by atoms with Crippen molar-refractivity contribution in [3.63, 3.8) is 0 Å². The van der Waals surface area contributed by atoms with Crippen molar-refractivity contribution in [3.8, 4) is 0 Å². The van der Waals surface area contributed by atoms with E-state index in [-0.39, 0.29) is 13.0 Å². The molecule has 16 heavy (non-hydrogen) atoms. The lowest BCUT2D eigenvalue weighted by molar-refractivity contribution is -0.130. The molecule has 0 fully saturated rings. The predicted octanol–water partition coefficient (Wildman–Crippen LogP) is 1.45. The van der Waals surface area contributed by atoms with Crippen molar-refractivity contribution in [2.45, 2.75) is 38.5 Å². The van der Waals surface area contributed by atoms with Crippen molar-refractivity contribution in [2.24, 2.45) is 0 Å². The molecule has 0 bridgehead atoms. The maximum atomic E-state index is 11.7. The summed E-state index contributed by atoms with van der Waals surface area (Å²) in [5.74, 6) is -1.09. The van der Waals surface area contributed by atoms with E-state index < -0.39 is 34.1 Å². The van der Waals surface area contributed by atoms with Gasteiger partial charge in [-0.25, -0.2) is 0 Å². The van der Waals surface area contributed by atoms with Crippen LogP contribution in [0.5, 0.6) is 0 Å². The molecule has 0 aliphatic rings. The zero-order chi connectivity index (χ0) is 13.0. The summed E-state index contributed by atoms with van der Waals surface area (Å²) in [6.45, 7) is 2.56. The molecule has 1 N–H and O–H groups in total. The lowest BCUT2D eigenvalue weighted by Gasteiger charge is -2.16. The summed E-state index contributed by atoms with van der Waals surface area (Å²) in [6, 6.07) is 0.